The lowest BCUT2D eigenvalue weighted by Gasteiger charge is -2.13. The van der Waals surface area contributed by atoms with Crippen LogP contribution >= 0.6 is 0 Å². The molecule has 0 radical (unpaired) electrons. The van der Waals surface area contributed by atoms with Crippen LogP contribution in [0.1, 0.15) is 23.0 Å². The molecule has 1 aliphatic heterocycles. The molecule has 0 bridgehead atoms. The number of rotatable bonds is 4. The summed E-state index contributed by atoms with van der Waals surface area (Å²) in [7, 11) is 0. The van der Waals surface area contributed by atoms with Gasteiger partial charge in [-0.3, -0.25) is 14.9 Å². The van der Waals surface area contributed by atoms with Crippen LogP contribution in [-0.4, -0.2) is 35.2 Å². The van der Waals surface area contributed by atoms with E-state index >= 15 is 0 Å². The van der Waals surface area contributed by atoms with Crippen molar-refractivity contribution in [3.05, 3.63) is 41.2 Å². The number of aliphatic hydroxyl groups is 1. The van der Waals surface area contributed by atoms with Crippen LogP contribution in [0.3, 0.4) is 0 Å². The van der Waals surface area contributed by atoms with Gasteiger partial charge in [0.25, 0.3) is 0 Å². The van der Waals surface area contributed by atoms with Crippen molar-refractivity contribution in [2.75, 3.05) is 18.5 Å². The Morgan fingerprint density at radius 3 is 2.92 bits per heavy atom. The fourth-order valence-corrected chi connectivity index (χ4v) is 2.40. The van der Waals surface area contributed by atoms with Crippen molar-refractivity contribution < 1.29 is 24.0 Å². The molecule has 1 aromatic carbocycles. The molecule has 1 aliphatic rings. The van der Waals surface area contributed by atoms with E-state index < -0.39 is 17.9 Å². The molecule has 126 valence electrons. The van der Waals surface area contributed by atoms with Gasteiger partial charge < -0.3 is 19.7 Å². The number of amides is 2. The number of nitrogens with one attached hydrogen (secondary N) is 2. The summed E-state index contributed by atoms with van der Waals surface area (Å²) in [5.74, 6) is -0.247. The summed E-state index contributed by atoms with van der Waals surface area (Å²) in [6, 6.07) is 6.87. The second-order valence-electron chi connectivity index (χ2n) is 5.47. The Labute approximate surface area is 137 Å². The molecule has 0 fully saturated rings. The van der Waals surface area contributed by atoms with E-state index in [2.05, 4.69) is 15.8 Å². The van der Waals surface area contributed by atoms with Gasteiger partial charge in [-0.05, 0) is 30.2 Å². The van der Waals surface area contributed by atoms with Crippen LogP contribution in [0.4, 0.5) is 5.82 Å². The summed E-state index contributed by atoms with van der Waals surface area (Å²) in [5.41, 5.74) is 1.68. The van der Waals surface area contributed by atoms with Gasteiger partial charge in [-0.25, -0.2) is 0 Å². The standard InChI is InChI=1S/C16H17N3O5/c1-9-6-14(19-24-9)18-16(22)15(21)17-8-12(20)10-2-3-13-11(7-10)4-5-23-13/h2-3,6-7,12,20H,4-5,8H2,1H3,(H,17,21)(H,18,19,22). The van der Waals surface area contributed by atoms with E-state index in [-0.39, 0.29) is 12.4 Å². The lowest BCUT2D eigenvalue weighted by atomic mass is 10.0. The van der Waals surface area contributed by atoms with E-state index in [1.807, 2.05) is 6.07 Å². The van der Waals surface area contributed by atoms with E-state index in [9.17, 15) is 14.7 Å². The summed E-state index contributed by atoms with van der Waals surface area (Å²) < 4.78 is 10.2. The number of ether oxygens (including phenoxy) is 1. The van der Waals surface area contributed by atoms with Crippen molar-refractivity contribution in [2.24, 2.45) is 0 Å². The molecule has 1 unspecified atom stereocenters. The normalized spacial score (nSPS) is 13.8. The number of carbonyl (C=O) groups is 2. The number of fused-ring (bicyclic) bond motifs is 1. The van der Waals surface area contributed by atoms with Gasteiger partial charge in [0, 0.05) is 19.0 Å². The van der Waals surface area contributed by atoms with Crippen molar-refractivity contribution >= 4 is 17.6 Å². The molecule has 8 nitrogen and oxygen atoms in total. The SMILES string of the molecule is Cc1cc(NC(=O)C(=O)NCC(O)c2ccc3c(c2)CCO3)no1. The Hall–Kier alpha value is -2.87. The van der Waals surface area contributed by atoms with Crippen LogP contribution in [0.5, 0.6) is 5.75 Å². The van der Waals surface area contributed by atoms with Crippen LogP contribution in [0, 0.1) is 6.92 Å². The first-order valence-corrected chi connectivity index (χ1v) is 7.49. The molecule has 8 heteroatoms. The summed E-state index contributed by atoms with van der Waals surface area (Å²) >= 11 is 0. The number of carbonyl (C=O) groups excluding carboxylic acids is 2. The van der Waals surface area contributed by atoms with Crippen molar-refractivity contribution in [3.8, 4) is 5.75 Å². The molecule has 24 heavy (non-hydrogen) atoms. The zero-order valence-electron chi connectivity index (χ0n) is 13.0. The molecule has 0 aliphatic carbocycles. The van der Waals surface area contributed by atoms with Gasteiger partial charge in [0.05, 0.1) is 12.7 Å². The fourth-order valence-electron chi connectivity index (χ4n) is 2.40. The monoisotopic (exact) mass is 331 g/mol. The van der Waals surface area contributed by atoms with Crippen LogP contribution in [0.2, 0.25) is 0 Å². The molecule has 1 atom stereocenters. The lowest BCUT2D eigenvalue weighted by Crippen LogP contribution is -2.37. The fraction of sp³-hybridized carbons (Fsp3) is 0.312. The predicted octanol–water partition coefficient (Wildman–Crippen LogP) is 0.706. The number of hydrogen-bond donors (Lipinski definition) is 3. The number of aliphatic hydroxyl groups excluding tert-OH is 1. The zero-order valence-corrected chi connectivity index (χ0v) is 13.0. The van der Waals surface area contributed by atoms with Crippen LogP contribution in [-0.2, 0) is 16.0 Å². The first-order valence-electron chi connectivity index (χ1n) is 7.49. The highest BCUT2D eigenvalue weighted by atomic mass is 16.5. The predicted molar refractivity (Wildman–Crippen MR) is 83.5 cm³/mol. The maximum Gasteiger partial charge on any atom is 0.314 e. The van der Waals surface area contributed by atoms with Crippen molar-refractivity contribution in [2.45, 2.75) is 19.4 Å². The molecular formula is C16H17N3O5. The number of aromatic nitrogens is 1. The van der Waals surface area contributed by atoms with Gasteiger partial charge >= 0.3 is 11.8 Å². The topological polar surface area (TPSA) is 114 Å². The highest BCUT2D eigenvalue weighted by Crippen LogP contribution is 2.27. The molecular weight excluding hydrogens is 314 g/mol. The lowest BCUT2D eigenvalue weighted by molar-refractivity contribution is -0.136. The van der Waals surface area contributed by atoms with Gasteiger partial charge in [-0.1, -0.05) is 11.2 Å². The molecule has 1 aromatic heterocycles. The average Bonchev–Trinajstić information content (AvgIpc) is 3.20. The second kappa shape index (κ2) is 6.71. The maximum absolute atomic E-state index is 11.8. The van der Waals surface area contributed by atoms with Crippen LogP contribution in [0.15, 0.2) is 28.8 Å². The smallest absolute Gasteiger partial charge is 0.314 e. The Morgan fingerprint density at radius 1 is 1.33 bits per heavy atom. The summed E-state index contributed by atoms with van der Waals surface area (Å²) in [4.78, 5) is 23.5. The van der Waals surface area contributed by atoms with Crippen molar-refractivity contribution in [1.82, 2.24) is 10.5 Å². The maximum atomic E-state index is 11.8. The average molecular weight is 331 g/mol. The number of hydrogen-bond acceptors (Lipinski definition) is 6. The molecule has 0 saturated carbocycles. The third kappa shape index (κ3) is 3.54. The summed E-state index contributed by atoms with van der Waals surface area (Å²) in [6.45, 7) is 2.22. The molecule has 0 saturated heterocycles. The van der Waals surface area contributed by atoms with E-state index in [0.29, 0.717) is 17.9 Å². The summed E-state index contributed by atoms with van der Waals surface area (Å²) in [5, 5.41) is 18.4. The van der Waals surface area contributed by atoms with Gasteiger partial charge in [-0.2, -0.15) is 0 Å². The molecule has 3 N–H and O–H groups in total. The third-order valence-electron chi connectivity index (χ3n) is 3.63. The third-order valence-corrected chi connectivity index (χ3v) is 3.63. The quantitative estimate of drug-likeness (QED) is 0.711. The van der Waals surface area contributed by atoms with Gasteiger partial charge in [-0.15, -0.1) is 0 Å². The largest absolute Gasteiger partial charge is 0.493 e. The van der Waals surface area contributed by atoms with E-state index in [1.165, 1.54) is 6.07 Å². The highest BCUT2D eigenvalue weighted by Gasteiger charge is 2.19. The Bertz CT molecular complexity index is 771. The minimum absolute atomic E-state index is 0.0796. The van der Waals surface area contributed by atoms with Gasteiger partial charge in [0.1, 0.15) is 11.5 Å². The highest BCUT2D eigenvalue weighted by molar-refractivity contribution is 6.39. The zero-order chi connectivity index (χ0) is 17.1. The van der Waals surface area contributed by atoms with Gasteiger partial charge in [0.2, 0.25) is 0 Å². The minimum atomic E-state index is -0.915. The minimum Gasteiger partial charge on any atom is -0.493 e. The second-order valence-corrected chi connectivity index (χ2v) is 5.47. The Balaban J connectivity index is 1.52. The van der Waals surface area contributed by atoms with Crippen molar-refractivity contribution in [1.29, 1.82) is 0 Å². The number of anilines is 1. The van der Waals surface area contributed by atoms with Crippen LogP contribution < -0.4 is 15.4 Å². The number of benzene rings is 1. The Morgan fingerprint density at radius 2 is 2.17 bits per heavy atom. The molecule has 2 aromatic rings. The van der Waals surface area contributed by atoms with Crippen molar-refractivity contribution in [3.63, 3.8) is 0 Å². The van der Waals surface area contributed by atoms with E-state index in [0.717, 1.165) is 17.7 Å². The Kier molecular flexibility index (Phi) is 4.48. The molecule has 2 amide bonds. The number of aryl methyl sites for hydroxylation is 1. The van der Waals surface area contributed by atoms with Gasteiger partial charge in [0.15, 0.2) is 5.82 Å². The summed E-state index contributed by atoms with van der Waals surface area (Å²) in [6.07, 6.45) is -0.121. The molecule has 2 heterocycles. The van der Waals surface area contributed by atoms with E-state index in [1.54, 1.807) is 19.1 Å². The van der Waals surface area contributed by atoms with Crippen LogP contribution in [0.25, 0.3) is 0 Å². The first kappa shape index (κ1) is 16.0. The first-order chi connectivity index (χ1) is 11.5. The number of nitrogens with zero attached hydrogens (tertiary/aromatic N) is 1. The molecule has 0 spiro atoms. The van der Waals surface area contributed by atoms with E-state index in [4.69, 9.17) is 9.26 Å². The molecule has 3 rings (SSSR count).